The predicted molar refractivity (Wildman–Crippen MR) is 111 cm³/mol. The molecule has 154 valence electrons. The van der Waals surface area contributed by atoms with E-state index < -0.39 is 0 Å². The van der Waals surface area contributed by atoms with E-state index >= 15 is 0 Å². The van der Waals surface area contributed by atoms with Gasteiger partial charge in [0.1, 0.15) is 32.7 Å². The Balaban J connectivity index is 1.38. The van der Waals surface area contributed by atoms with Crippen molar-refractivity contribution in [3.8, 4) is 0 Å². The van der Waals surface area contributed by atoms with Gasteiger partial charge in [-0.3, -0.25) is 4.79 Å². The standard InChI is InChI=1S/C23H29N3O3/c1-18-5-3-4-6-21(18)16-25-11-13-26(14-12-25)17-22(27)24-15-19-7-9-20(10-8-19)23(28)29-2/h3-10H,11-17H2,1-2H3,(H,24,27)/p+2. The number of benzene rings is 2. The zero-order valence-corrected chi connectivity index (χ0v) is 17.3. The van der Waals surface area contributed by atoms with Crippen molar-refractivity contribution in [1.29, 1.82) is 0 Å². The molecule has 0 atom stereocenters. The lowest BCUT2D eigenvalue weighted by atomic mass is 10.1. The summed E-state index contributed by atoms with van der Waals surface area (Å²) in [5, 5.41) is 2.98. The third-order valence-electron chi connectivity index (χ3n) is 5.64. The molecule has 3 N–H and O–H groups in total. The highest BCUT2D eigenvalue weighted by molar-refractivity contribution is 5.89. The van der Waals surface area contributed by atoms with E-state index in [4.69, 9.17) is 4.74 Å². The highest BCUT2D eigenvalue weighted by Gasteiger charge is 2.25. The highest BCUT2D eigenvalue weighted by atomic mass is 16.5. The van der Waals surface area contributed by atoms with Crippen LogP contribution in [0.5, 0.6) is 0 Å². The molecule has 0 bridgehead atoms. The molecule has 1 fully saturated rings. The molecule has 2 aromatic rings. The van der Waals surface area contributed by atoms with Gasteiger partial charge in [-0.05, 0) is 30.2 Å². The second-order valence-corrected chi connectivity index (χ2v) is 7.75. The number of hydrogen-bond donors (Lipinski definition) is 3. The van der Waals surface area contributed by atoms with Crippen LogP contribution in [0.25, 0.3) is 0 Å². The molecule has 1 amide bonds. The van der Waals surface area contributed by atoms with Gasteiger partial charge < -0.3 is 19.9 Å². The Hall–Kier alpha value is -2.70. The van der Waals surface area contributed by atoms with E-state index in [-0.39, 0.29) is 11.9 Å². The minimum atomic E-state index is -0.354. The van der Waals surface area contributed by atoms with Crippen molar-refractivity contribution >= 4 is 11.9 Å². The van der Waals surface area contributed by atoms with Gasteiger partial charge in [-0.15, -0.1) is 0 Å². The zero-order valence-electron chi connectivity index (χ0n) is 17.3. The van der Waals surface area contributed by atoms with Gasteiger partial charge in [0.15, 0.2) is 6.54 Å². The number of quaternary nitrogens is 2. The SMILES string of the molecule is COC(=O)c1ccc(CNC(=O)C[NH+]2CC[NH+](Cc3ccccc3C)CC2)cc1. The number of aryl methyl sites for hydroxylation is 1. The van der Waals surface area contributed by atoms with E-state index in [1.165, 1.54) is 23.1 Å². The van der Waals surface area contributed by atoms with E-state index in [0.717, 1.165) is 38.3 Å². The molecule has 2 aromatic carbocycles. The molecule has 3 rings (SSSR count). The molecule has 1 aliphatic rings. The smallest absolute Gasteiger partial charge is 0.337 e. The fraction of sp³-hybridized carbons (Fsp3) is 0.391. The molecule has 1 heterocycles. The van der Waals surface area contributed by atoms with Crippen LogP contribution in [-0.4, -0.2) is 51.7 Å². The summed E-state index contributed by atoms with van der Waals surface area (Å²) in [6.07, 6.45) is 0. The molecule has 0 unspecified atom stereocenters. The van der Waals surface area contributed by atoms with Crippen molar-refractivity contribution in [2.45, 2.75) is 20.0 Å². The number of carbonyl (C=O) groups is 2. The summed E-state index contributed by atoms with van der Waals surface area (Å²) in [5.41, 5.74) is 4.25. The first-order chi connectivity index (χ1) is 14.0. The molecule has 6 nitrogen and oxygen atoms in total. The number of carbonyl (C=O) groups excluding carboxylic acids is 2. The number of rotatable bonds is 7. The van der Waals surface area contributed by atoms with Crippen molar-refractivity contribution in [3.05, 3.63) is 70.8 Å². The first kappa shape index (κ1) is 21.0. The fourth-order valence-electron chi connectivity index (χ4n) is 3.76. The summed E-state index contributed by atoms with van der Waals surface area (Å²) in [6, 6.07) is 15.7. The summed E-state index contributed by atoms with van der Waals surface area (Å²) in [6.45, 7) is 8.43. The minimum Gasteiger partial charge on any atom is -0.465 e. The summed E-state index contributed by atoms with van der Waals surface area (Å²) in [4.78, 5) is 26.7. The van der Waals surface area contributed by atoms with Crippen molar-refractivity contribution in [2.24, 2.45) is 0 Å². The molecule has 1 saturated heterocycles. The third kappa shape index (κ3) is 6.14. The lowest BCUT2D eigenvalue weighted by Gasteiger charge is -2.29. The predicted octanol–water partition coefficient (Wildman–Crippen LogP) is -0.619. The van der Waals surface area contributed by atoms with Gasteiger partial charge in [0.25, 0.3) is 5.91 Å². The van der Waals surface area contributed by atoms with Gasteiger partial charge >= 0.3 is 5.97 Å². The summed E-state index contributed by atoms with van der Waals surface area (Å²) >= 11 is 0. The fourth-order valence-corrected chi connectivity index (χ4v) is 3.76. The maximum absolute atomic E-state index is 12.3. The quantitative estimate of drug-likeness (QED) is 0.546. The minimum absolute atomic E-state index is 0.0689. The Morgan fingerprint density at radius 2 is 1.62 bits per heavy atom. The van der Waals surface area contributed by atoms with Crippen LogP contribution in [0.2, 0.25) is 0 Å². The molecular formula is C23H31N3O3+2. The van der Waals surface area contributed by atoms with Gasteiger partial charge in [-0.1, -0.05) is 36.4 Å². The monoisotopic (exact) mass is 397 g/mol. The average molecular weight is 398 g/mol. The van der Waals surface area contributed by atoms with Gasteiger partial charge in [-0.25, -0.2) is 4.79 Å². The van der Waals surface area contributed by atoms with Gasteiger partial charge in [-0.2, -0.15) is 0 Å². The number of ether oxygens (including phenoxy) is 1. The normalized spacial score (nSPS) is 18.8. The van der Waals surface area contributed by atoms with E-state index in [2.05, 4.69) is 36.5 Å². The summed E-state index contributed by atoms with van der Waals surface area (Å²) in [7, 11) is 1.36. The Morgan fingerprint density at radius 3 is 2.28 bits per heavy atom. The molecule has 1 aliphatic heterocycles. The Bertz CT molecular complexity index is 828. The lowest BCUT2D eigenvalue weighted by Crippen LogP contribution is -3.28. The van der Waals surface area contributed by atoms with Crippen LogP contribution in [0.4, 0.5) is 0 Å². The zero-order chi connectivity index (χ0) is 20.6. The third-order valence-corrected chi connectivity index (χ3v) is 5.64. The van der Waals surface area contributed by atoms with Crippen LogP contribution < -0.4 is 15.1 Å². The van der Waals surface area contributed by atoms with E-state index in [9.17, 15) is 9.59 Å². The van der Waals surface area contributed by atoms with Crippen molar-refractivity contribution in [3.63, 3.8) is 0 Å². The van der Waals surface area contributed by atoms with Crippen LogP contribution in [0.15, 0.2) is 48.5 Å². The number of nitrogens with one attached hydrogen (secondary N) is 3. The molecule has 6 heteroatoms. The van der Waals surface area contributed by atoms with E-state index in [0.29, 0.717) is 18.7 Å². The van der Waals surface area contributed by atoms with Gasteiger partial charge in [0.05, 0.1) is 12.7 Å². The number of amides is 1. The Kier molecular flexibility index (Phi) is 7.38. The Labute approximate surface area is 172 Å². The molecular weight excluding hydrogens is 366 g/mol. The number of hydrogen-bond acceptors (Lipinski definition) is 3. The number of esters is 1. The van der Waals surface area contributed by atoms with Crippen LogP contribution in [0, 0.1) is 6.92 Å². The molecule has 0 radical (unpaired) electrons. The molecule has 0 spiro atoms. The maximum Gasteiger partial charge on any atom is 0.337 e. The molecule has 0 aliphatic carbocycles. The molecule has 0 saturated carbocycles. The van der Waals surface area contributed by atoms with Crippen molar-refractivity contribution in [2.75, 3.05) is 39.8 Å². The second kappa shape index (κ2) is 10.2. The van der Waals surface area contributed by atoms with Crippen molar-refractivity contribution < 1.29 is 24.1 Å². The van der Waals surface area contributed by atoms with Crippen LogP contribution >= 0.6 is 0 Å². The summed E-state index contributed by atoms with van der Waals surface area (Å²) in [5.74, 6) is -0.285. The first-order valence-corrected chi connectivity index (χ1v) is 10.2. The number of piperazine rings is 1. The van der Waals surface area contributed by atoms with Crippen molar-refractivity contribution in [1.82, 2.24) is 5.32 Å². The topological polar surface area (TPSA) is 64.3 Å². The summed E-state index contributed by atoms with van der Waals surface area (Å²) < 4.78 is 4.69. The largest absolute Gasteiger partial charge is 0.465 e. The van der Waals surface area contributed by atoms with Crippen LogP contribution in [0.3, 0.4) is 0 Å². The maximum atomic E-state index is 12.3. The van der Waals surface area contributed by atoms with Crippen LogP contribution in [-0.2, 0) is 22.6 Å². The second-order valence-electron chi connectivity index (χ2n) is 7.75. The molecule has 29 heavy (non-hydrogen) atoms. The highest BCUT2D eigenvalue weighted by Crippen LogP contribution is 2.06. The Morgan fingerprint density at radius 1 is 0.966 bits per heavy atom. The average Bonchev–Trinajstić information content (AvgIpc) is 2.75. The van der Waals surface area contributed by atoms with Gasteiger partial charge in [0.2, 0.25) is 0 Å². The lowest BCUT2D eigenvalue weighted by molar-refractivity contribution is -1.02. The molecule has 0 aromatic heterocycles. The van der Waals surface area contributed by atoms with E-state index in [1.807, 2.05) is 12.1 Å². The van der Waals surface area contributed by atoms with E-state index in [1.54, 1.807) is 17.0 Å². The van der Waals surface area contributed by atoms with Gasteiger partial charge in [0, 0.05) is 12.1 Å². The first-order valence-electron chi connectivity index (χ1n) is 10.2. The van der Waals surface area contributed by atoms with Crippen LogP contribution in [0.1, 0.15) is 27.0 Å². The number of methoxy groups -OCH3 is 1.